The van der Waals surface area contributed by atoms with E-state index in [1.165, 1.54) is 13.8 Å². The first-order chi connectivity index (χ1) is 7.48. The van der Waals surface area contributed by atoms with Crippen LogP contribution in [0.25, 0.3) is 0 Å². The molecule has 0 radical (unpaired) electrons. The number of amides is 2. The molecule has 1 saturated heterocycles. The highest BCUT2D eigenvalue weighted by molar-refractivity contribution is 6.18. The van der Waals surface area contributed by atoms with E-state index in [0.29, 0.717) is 0 Å². The summed E-state index contributed by atoms with van der Waals surface area (Å²) in [5.74, 6) is -0.752. The highest BCUT2D eigenvalue weighted by Crippen LogP contribution is 2.32. The van der Waals surface area contributed by atoms with E-state index in [0.717, 1.165) is 4.90 Å². The van der Waals surface area contributed by atoms with Crippen molar-refractivity contribution in [3.05, 3.63) is 0 Å². The van der Waals surface area contributed by atoms with Gasteiger partial charge in [-0.25, -0.2) is 9.69 Å². The van der Waals surface area contributed by atoms with Gasteiger partial charge in [-0.3, -0.25) is 9.59 Å². The Morgan fingerprint density at radius 3 is 2.06 bits per heavy atom. The van der Waals surface area contributed by atoms with Crippen molar-refractivity contribution < 1.29 is 19.1 Å². The van der Waals surface area contributed by atoms with Gasteiger partial charge in [-0.1, -0.05) is 0 Å². The van der Waals surface area contributed by atoms with Crippen molar-refractivity contribution in [2.45, 2.75) is 53.2 Å². The monoisotopic (exact) mass is 241 g/mol. The third-order valence-electron chi connectivity index (χ3n) is 2.73. The summed E-state index contributed by atoms with van der Waals surface area (Å²) in [6.07, 6.45) is -0.756. The summed E-state index contributed by atoms with van der Waals surface area (Å²) in [5, 5.41) is 0. The largest absolute Gasteiger partial charge is 0.443 e. The van der Waals surface area contributed by atoms with Crippen LogP contribution >= 0.6 is 0 Å². The summed E-state index contributed by atoms with van der Waals surface area (Å²) < 4.78 is 5.12. The number of Topliss-reactive ketones (excluding diaryl/α,β-unsaturated/α-hetero) is 1. The van der Waals surface area contributed by atoms with Gasteiger partial charge in [0.25, 0.3) is 0 Å². The molecule has 1 atom stereocenters. The maximum absolute atomic E-state index is 12.0. The van der Waals surface area contributed by atoms with Gasteiger partial charge in [-0.05, 0) is 41.5 Å². The predicted molar refractivity (Wildman–Crippen MR) is 61.3 cm³/mol. The fraction of sp³-hybridized carbons (Fsp3) is 0.750. The molecule has 0 saturated carbocycles. The molecule has 1 aliphatic rings. The number of ketones is 1. The number of ether oxygens (including phenoxy) is 1. The highest BCUT2D eigenvalue weighted by atomic mass is 16.6. The van der Waals surface area contributed by atoms with Crippen molar-refractivity contribution in [3.8, 4) is 0 Å². The van der Waals surface area contributed by atoms with Crippen LogP contribution in [-0.4, -0.2) is 34.3 Å². The quantitative estimate of drug-likeness (QED) is 0.606. The normalized spacial score (nSPS) is 24.1. The number of rotatable bonds is 0. The van der Waals surface area contributed by atoms with Gasteiger partial charge in [0, 0.05) is 0 Å². The van der Waals surface area contributed by atoms with Gasteiger partial charge in [0.05, 0.1) is 6.04 Å². The molecule has 2 amide bonds. The summed E-state index contributed by atoms with van der Waals surface area (Å²) in [4.78, 5) is 36.6. The lowest BCUT2D eigenvalue weighted by atomic mass is 9.89. The molecule has 0 bridgehead atoms. The highest BCUT2D eigenvalue weighted by Gasteiger charge is 2.54. The minimum Gasteiger partial charge on any atom is -0.443 e. The minimum absolute atomic E-state index is 0.256. The fourth-order valence-corrected chi connectivity index (χ4v) is 1.77. The Morgan fingerprint density at radius 2 is 1.76 bits per heavy atom. The number of nitrogens with zero attached hydrogens (tertiary/aromatic N) is 1. The third kappa shape index (κ3) is 2.33. The molecule has 1 heterocycles. The van der Waals surface area contributed by atoms with Crippen LogP contribution in [0.4, 0.5) is 4.79 Å². The number of imide groups is 1. The summed E-state index contributed by atoms with van der Waals surface area (Å²) in [7, 11) is 0. The molecular weight excluding hydrogens is 222 g/mol. The lowest BCUT2D eigenvalue weighted by Gasteiger charge is -2.25. The molecule has 1 rings (SSSR count). The van der Waals surface area contributed by atoms with Crippen LogP contribution in [0.1, 0.15) is 41.5 Å². The van der Waals surface area contributed by atoms with Crippen LogP contribution in [0.2, 0.25) is 0 Å². The average Bonchev–Trinajstić information content (AvgIpc) is 2.25. The van der Waals surface area contributed by atoms with Gasteiger partial charge in [0.15, 0.2) is 5.78 Å². The molecule has 1 aliphatic heterocycles. The zero-order valence-corrected chi connectivity index (χ0v) is 11.2. The molecule has 5 nitrogen and oxygen atoms in total. The Bertz CT molecular complexity index is 378. The lowest BCUT2D eigenvalue weighted by Crippen LogP contribution is -2.42. The van der Waals surface area contributed by atoms with Crippen LogP contribution in [0, 0.1) is 5.41 Å². The Hall–Kier alpha value is -1.39. The van der Waals surface area contributed by atoms with Crippen molar-refractivity contribution in [2.24, 2.45) is 5.41 Å². The Balaban J connectivity index is 2.97. The molecule has 17 heavy (non-hydrogen) atoms. The molecule has 0 aromatic heterocycles. The third-order valence-corrected chi connectivity index (χ3v) is 2.73. The van der Waals surface area contributed by atoms with Gasteiger partial charge in [0.1, 0.15) is 11.0 Å². The Kier molecular flexibility index (Phi) is 3.07. The number of hydrogen-bond donors (Lipinski definition) is 0. The number of carbonyl (C=O) groups excluding carboxylic acids is 3. The van der Waals surface area contributed by atoms with E-state index in [1.807, 2.05) is 0 Å². The molecule has 96 valence electrons. The molecule has 0 aromatic rings. The second-order valence-electron chi connectivity index (χ2n) is 5.82. The topological polar surface area (TPSA) is 63.7 Å². The number of likely N-dealkylation sites (tertiary alicyclic amines) is 1. The van der Waals surface area contributed by atoms with Crippen molar-refractivity contribution in [1.82, 2.24) is 4.90 Å². The van der Waals surface area contributed by atoms with Crippen LogP contribution in [0.5, 0.6) is 0 Å². The number of hydrogen-bond acceptors (Lipinski definition) is 4. The second-order valence-corrected chi connectivity index (χ2v) is 5.82. The minimum atomic E-state index is -1.14. The zero-order valence-electron chi connectivity index (χ0n) is 11.2. The van der Waals surface area contributed by atoms with E-state index in [-0.39, 0.29) is 5.78 Å². The Labute approximate surface area is 101 Å². The van der Waals surface area contributed by atoms with Gasteiger partial charge >= 0.3 is 6.09 Å². The smallest absolute Gasteiger partial charge is 0.417 e. The van der Waals surface area contributed by atoms with Crippen LogP contribution < -0.4 is 0 Å². The molecule has 0 N–H and O–H groups in total. The molecule has 0 spiro atoms. The van der Waals surface area contributed by atoms with Gasteiger partial charge in [-0.15, -0.1) is 0 Å². The maximum Gasteiger partial charge on any atom is 0.417 e. The van der Waals surface area contributed by atoms with Crippen molar-refractivity contribution >= 4 is 17.8 Å². The van der Waals surface area contributed by atoms with E-state index >= 15 is 0 Å². The summed E-state index contributed by atoms with van der Waals surface area (Å²) in [5.41, 5.74) is -1.83. The van der Waals surface area contributed by atoms with Crippen molar-refractivity contribution in [1.29, 1.82) is 0 Å². The molecule has 0 aliphatic carbocycles. The number of carbonyl (C=O) groups is 3. The second kappa shape index (κ2) is 3.82. The standard InChI is InChI=1S/C12H19NO4/c1-7-8(14)12(5,6)9(15)13(7)10(16)17-11(2,3)4/h7H,1-6H3/t7-/m0/s1. The van der Waals surface area contributed by atoms with E-state index in [9.17, 15) is 14.4 Å². The first-order valence-corrected chi connectivity index (χ1v) is 5.59. The Morgan fingerprint density at radius 1 is 1.29 bits per heavy atom. The maximum atomic E-state index is 12.0. The molecule has 5 heteroatoms. The van der Waals surface area contributed by atoms with Crippen molar-refractivity contribution in [2.75, 3.05) is 0 Å². The lowest BCUT2D eigenvalue weighted by molar-refractivity contribution is -0.136. The average molecular weight is 241 g/mol. The summed E-state index contributed by atoms with van der Waals surface area (Å²) in [6.45, 7) is 9.73. The first-order valence-electron chi connectivity index (χ1n) is 5.59. The van der Waals surface area contributed by atoms with Crippen LogP contribution in [0.3, 0.4) is 0 Å². The molecular formula is C12H19NO4. The SMILES string of the molecule is C[C@H]1C(=O)C(C)(C)C(=O)N1C(=O)OC(C)(C)C. The van der Waals surface area contributed by atoms with E-state index < -0.39 is 29.1 Å². The molecule has 0 aromatic carbocycles. The molecule has 1 fully saturated rings. The van der Waals surface area contributed by atoms with E-state index in [2.05, 4.69) is 0 Å². The predicted octanol–water partition coefficient (Wildman–Crippen LogP) is 1.75. The summed E-state index contributed by atoms with van der Waals surface area (Å²) in [6, 6.07) is -0.757. The van der Waals surface area contributed by atoms with Gasteiger partial charge in [-0.2, -0.15) is 0 Å². The fourth-order valence-electron chi connectivity index (χ4n) is 1.77. The van der Waals surface area contributed by atoms with E-state index in [4.69, 9.17) is 4.74 Å². The van der Waals surface area contributed by atoms with Crippen LogP contribution in [-0.2, 0) is 14.3 Å². The van der Waals surface area contributed by atoms with Gasteiger partial charge in [0.2, 0.25) is 5.91 Å². The van der Waals surface area contributed by atoms with Gasteiger partial charge < -0.3 is 4.74 Å². The van der Waals surface area contributed by atoms with E-state index in [1.54, 1.807) is 27.7 Å². The first kappa shape index (κ1) is 13.7. The van der Waals surface area contributed by atoms with Crippen LogP contribution in [0.15, 0.2) is 0 Å². The summed E-state index contributed by atoms with van der Waals surface area (Å²) >= 11 is 0. The zero-order chi connectivity index (χ0) is 13.6. The molecule has 0 unspecified atom stereocenters. The van der Waals surface area contributed by atoms with Crippen molar-refractivity contribution in [3.63, 3.8) is 0 Å².